The summed E-state index contributed by atoms with van der Waals surface area (Å²) in [6.45, 7) is 4.19. The maximum absolute atomic E-state index is 5.78. The van der Waals surface area contributed by atoms with E-state index in [1.54, 1.807) is 0 Å². The van der Waals surface area contributed by atoms with Gasteiger partial charge in [-0.1, -0.05) is 29.8 Å². The Labute approximate surface area is 92.9 Å². The molecule has 0 fully saturated rings. The number of hydrogen-bond acceptors (Lipinski definition) is 2. The molecular formula is C13H22N2. The summed E-state index contributed by atoms with van der Waals surface area (Å²) < 4.78 is 0. The van der Waals surface area contributed by atoms with E-state index in [2.05, 4.69) is 43.4 Å². The zero-order valence-electron chi connectivity index (χ0n) is 9.96. The summed E-state index contributed by atoms with van der Waals surface area (Å²) in [6.07, 6.45) is 2.15. The highest BCUT2D eigenvalue weighted by atomic mass is 14.9. The lowest BCUT2D eigenvalue weighted by Gasteiger charge is -2.18. The average molecular weight is 206 g/mol. The lowest BCUT2D eigenvalue weighted by atomic mass is 9.99. The van der Waals surface area contributed by atoms with Gasteiger partial charge in [-0.15, -0.1) is 0 Å². The summed E-state index contributed by atoms with van der Waals surface area (Å²) in [6, 6.07) is 9.36. The molecule has 1 aromatic carbocycles. The molecule has 0 saturated heterocycles. The second-order valence-corrected chi connectivity index (χ2v) is 4.31. The van der Waals surface area contributed by atoms with Gasteiger partial charge in [0, 0.05) is 12.1 Å². The highest BCUT2D eigenvalue weighted by Gasteiger charge is 2.09. The van der Waals surface area contributed by atoms with E-state index in [0.717, 1.165) is 12.8 Å². The van der Waals surface area contributed by atoms with Gasteiger partial charge in [0.25, 0.3) is 0 Å². The number of hydrogen-bond donors (Lipinski definition) is 2. The Morgan fingerprint density at radius 1 is 1.33 bits per heavy atom. The van der Waals surface area contributed by atoms with Gasteiger partial charge in [-0.05, 0) is 39.3 Å². The molecule has 0 radical (unpaired) electrons. The van der Waals surface area contributed by atoms with Crippen LogP contribution in [0.3, 0.4) is 0 Å². The van der Waals surface area contributed by atoms with E-state index in [1.807, 2.05) is 7.05 Å². The first-order chi connectivity index (χ1) is 7.13. The van der Waals surface area contributed by atoms with Crippen LogP contribution in [-0.4, -0.2) is 13.1 Å². The zero-order chi connectivity index (χ0) is 11.3. The first-order valence-corrected chi connectivity index (χ1v) is 5.63. The zero-order valence-corrected chi connectivity index (χ0v) is 9.96. The van der Waals surface area contributed by atoms with Crippen molar-refractivity contribution in [2.45, 2.75) is 38.8 Å². The van der Waals surface area contributed by atoms with Crippen molar-refractivity contribution in [3.63, 3.8) is 0 Å². The van der Waals surface area contributed by atoms with Crippen molar-refractivity contribution in [2.24, 2.45) is 5.73 Å². The van der Waals surface area contributed by atoms with Gasteiger partial charge in [0.1, 0.15) is 0 Å². The van der Waals surface area contributed by atoms with Crippen LogP contribution in [0.1, 0.15) is 36.9 Å². The molecule has 0 aromatic heterocycles. The van der Waals surface area contributed by atoms with Gasteiger partial charge < -0.3 is 11.1 Å². The van der Waals surface area contributed by atoms with Gasteiger partial charge in [0.15, 0.2) is 0 Å². The van der Waals surface area contributed by atoms with Crippen LogP contribution in [0.2, 0.25) is 0 Å². The standard InChI is InChI=1S/C13H22N2/c1-10-5-4-6-12(9-10)13(15-3)8-7-11(2)14/h4-6,9,11,13,15H,7-8,14H2,1-3H3. The Morgan fingerprint density at radius 2 is 2.07 bits per heavy atom. The van der Waals surface area contributed by atoms with Crippen molar-refractivity contribution in [1.29, 1.82) is 0 Å². The van der Waals surface area contributed by atoms with Crippen LogP contribution in [0.5, 0.6) is 0 Å². The summed E-state index contributed by atoms with van der Waals surface area (Å²) in [4.78, 5) is 0. The normalized spacial score (nSPS) is 14.9. The smallest absolute Gasteiger partial charge is 0.0318 e. The third kappa shape index (κ3) is 4.02. The third-order valence-electron chi connectivity index (χ3n) is 2.70. The van der Waals surface area contributed by atoms with Crippen LogP contribution in [0, 0.1) is 6.92 Å². The minimum absolute atomic E-state index is 0.283. The van der Waals surface area contributed by atoms with E-state index in [4.69, 9.17) is 5.73 Å². The van der Waals surface area contributed by atoms with E-state index in [-0.39, 0.29) is 6.04 Å². The monoisotopic (exact) mass is 206 g/mol. The van der Waals surface area contributed by atoms with Gasteiger partial charge in [-0.3, -0.25) is 0 Å². The molecule has 1 aromatic rings. The van der Waals surface area contributed by atoms with Crippen molar-refractivity contribution in [2.75, 3.05) is 7.05 Å². The predicted octanol–water partition coefficient (Wildman–Crippen LogP) is 2.38. The number of aryl methyl sites for hydroxylation is 1. The molecule has 2 unspecified atom stereocenters. The Bertz CT molecular complexity index is 294. The Morgan fingerprint density at radius 3 is 2.60 bits per heavy atom. The summed E-state index contributed by atoms with van der Waals surface area (Å²) >= 11 is 0. The third-order valence-corrected chi connectivity index (χ3v) is 2.70. The first-order valence-electron chi connectivity index (χ1n) is 5.63. The van der Waals surface area contributed by atoms with E-state index in [1.165, 1.54) is 11.1 Å². The molecule has 0 heterocycles. The van der Waals surface area contributed by atoms with Crippen molar-refractivity contribution in [3.05, 3.63) is 35.4 Å². The summed E-state index contributed by atoms with van der Waals surface area (Å²) in [5.74, 6) is 0. The molecule has 0 aliphatic carbocycles. The molecule has 2 nitrogen and oxygen atoms in total. The molecular weight excluding hydrogens is 184 g/mol. The Balaban J connectivity index is 2.65. The van der Waals surface area contributed by atoms with Crippen molar-refractivity contribution < 1.29 is 0 Å². The molecule has 0 aliphatic rings. The fourth-order valence-corrected chi connectivity index (χ4v) is 1.79. The molecule has 0 spiro atoms. The molecule has 84 valence electrons. The molecule has 15 heavy (non-hydrogen) atoms. The topological polar surface area (TPSA) is 38.0 Å². The molecule has 0 bridgehead atoms. The maximum Gasteiger partial charge on any atom is 0.0318 e. The van der Waals surface area contributed by atoms with E-state index in [9.17, 15) is 0 Å². The van der Waals surface area contributed by atoms with Crippen molar-refractivity contribution in [3.8, 4) is 0 Å². The van der Waals surface area contributed by atoms with Gasteiger partial charge >= 0.3 is 0 Å². The number of benzene rings is 1. The molecule has 2 atom stereocenters. The molecule has 2 heteroatoms. The number of nitrogens with one attached hydrogen (secondary N) is 1. The Kier molecular flexibility index (Phi) is 4.79. The number of rotatable bonds is 5. The highest BCUT2D eigenvalue weighted by Crippen LogP contribution is 2.19. The SMILES string of the molecule is CNC(CCC(C)N)c1cccc(C)c1. The number of nitrogens with two attached hydrogens (primary N) is 1. The fourth-order valence-electron chi connectivity index (χ4n) is 1.79. The molecule has 1 rings (SSSR count). The fraction of sp³-hybridized carbons (Fsp3) is 0.538. The van der Waals surface area contributed by atoms with Crippen LogP contribution < -0.4 is 11.1 Å². The molecule has 0 saturated carbocycles. The summed E-state index contributed by atoms with van der Waals surface area (Å²) in [7, 11) is 2.01. The van der Waals surface area contributed by atoms with Crippen LogP contribution in [0.25, 0.3) is 0 Å². The largest absolute Gasteiger partial charge is 0.328 e. The van der Waals surface area contributed by atoms with Gasteiger partial charge in [-0.25, -0.2) is 0 Å². The van der Waals surface area contributed by atoms with E-state index >= 15 is 0 Å². The second-order valence-electron chi connectivity index (χ2n) is 4.31. The van der Waals surface area contributed by atoms with E-state index in [0.29, 0.717) is 6.04 Å². The quantitative estimate of drug-likeness (QED) is 0.776. The van der Waals surface area contributed by atoms with Crippen LogP contribution >= 0.6 is 0 Å². The van der Waals surface area contributed by atoms with Gasteiger partial charge in [0.05, 0.1) is 0 Å². The molecule has 3 N–H and O–H groups in total. The lowest BCUT2D eigenvalue weighted by Crippen LogP contribution is -2.21. The van der Waals surface area contributed by atoms with E-state index < -0.39 is 0 Å². The van der Waals surface area contributed by atoms with Crippen LogP contribution in [-0.2, 0) is 0 Å². The Hall–Kier alpha value is -0.860. The maximum atomic E-state index is 5.78. The minimum atomic E-state index is 0.283. The van der Waals surface area contributed by atoms with Crippen LogP contribution in [0.4, 0.5) is 0 Å². The molecule has 0 aliphatic heterocycles. The minimum Gasteiger partial charge on any atom is -0.328 e. The lowest BCUT2D eigenvalue weighted by molar-refractivity contribution is 0.496. The van der Waals surface area contributed by atoms with Crippen molar-refractivity contribution in [1.82, 2.24) is 5.32 Å². The predicted molar refractivity (Wildman–Crippen MR) is 65.9 cm³/mol. The summed E-state index contributed by atoms with van der Waals surface area (Å²) in [5, 5.41) is 3.35. The second kappa shape index (κ2) is 5.89. The van der Waals surface area contributed by atoms with Crippen molar-refractivity contribution >= 4 is 0 Å². The molecule has 0 amide bonds. The van der Waals surface area contributed by atoms with Crippen LogP contribution in [0.15, 0.2) is 24.3 Å². The average Bonchev–Trinajstić information content (AvgIpc) is 2.18. The summed E-state index contributed by atoms with van der Waals surface area (Å²) in [5.41, 5.74) is 8.45. The van der Waals surface area contributed by atoms with Gasteiger partial charge in [-0.2, -0.15) is 0 Å². The first kappa shape index (κ1) is 12.2. The van der Waals surface area contributed by atoms with Gasteiger partial charge in [0.2, 0.25) is 0 Å². The highest BCUT2D eigenvalue weighted by molar-refractivity contribution is 5.24.